The van der Waals surface area contributed by atoms with Crippen molar-refractivity contribution in [3.05, 3.63) is 420 Å². The Morgan fingerprint density at radius 1 is 0.444 bits per heavy atom. The van der Waals surface area contributed by atoms with Crippen LogP contribution in [-0.2, 0) is 33.4 Å². The molecule has 0 aliphatic carbocycles. The third-order valence-electron chi connectivity index (χ3n) is 20.7. The minimum Gasteiger partial charge on any atom is -0.491 e. The van der Waals surface area contributed by atoms with Gasteiger partial charge in [0.05, 0.1) is 139 Å². The van der Waals surface area contributed by atoms with E-state index >= 15 is 0 Å². The van der Waals surface area contributed by atoms with Crippen LogP contribution in [0.25, 0.3) is 0 Å². The minimum atomic E-state index is -1.20. The largest absolute Gasteiger partial charge is 0.491 e. The van der Waals surface area contributed by atoms with Gasteiger partial charge in [-0.15, -0.1) is 0 Å². The number of amides is 3. The normalized spacial score (nSPS) is 11.5. The number of benzene rings is 10. The lowest BCUT2D eigenvalue weighted by Crippen LogP contribution is -2.33. The van der Waals surface area contributed by atoms with Crippen LogP contribution in [0.5, 0.6) is 11.5 Å². The van der Waals surface area contributed by atoms with Crippen LogP contribution in [-0.4, -0.2) is 134 Å². The molecule has 6 heterocycles. The van der Waals surface area contributed by atoms with E-state index in [0.29, 0.717) is 79.9 Å². The second-order valence-electron chi connectivity index (χ2n) is 29.4. The molecule has 5 N–H and O–H groups in total. The summed E-state index contributed by atoms with van der Waals surface area (Å²) in [6.07, 6.45) is 7.29. The Bertz CT molecular complexity index is 6150. The number of likely N-dealkylation sites (N-methyl/N-ethyl adjacent to an activating group) is 2. The number of carboxylic acids is 1. The average molecular weight is 2010 g/mol. The van der Waals surface area contributed by atoms with Crippen LogP contribution in [0.3, 0.4) is 0 Å². The minimum absolute atomic E-state index is 0.0890. The molecule has 0 atom stereocenters. The number of hydrogen-bond donors (Lipinski definition) is 4. The fourth-order valence-corrected chi connectivity index (χ4v) is 15.5. The number of rotatable bonds is 20. The van der Waals surface area contributed by atoms with Crippen molar-refractivity contribution in [1.29, 1.82) is 0 Å². The van der Waals surface area contributed by atoms with Crippen LogP contribution in [0.2, 0.25) is 0 Å². The summed E-state index contributed by atoms with van der Waals surface area (Å²) in [7, 11) is 7.08. The summed E-state index contributed by atoms with van der Waals surface area (Å²) >= 11 is 15.3. The summed E-state index contributed by atoms with van der Waals surface area (Å²) in [6.45, 7) is 2.44. The summed E-state index contributed by atoms with van der Waals surface area (Å²) in [5, 5.41) is 15.7. The highest BCUT2D eigenvalue weighted by Gasteiger charge is 2.33. The van der Waals surface area contributed by atoms with Gasteiger partial charge in [-0.25, -0.2) is 47.9 Å². The fraction of sp³-hybridized carbons (Fsp3) is 0.146. The number of anilines is 7. The van der Waals surface area contributed by atoms with E-state index in [1.807, 2.05) is 243 Å². The second kappa shape index (κ2) is 49.4. The van der Waals surface area contributed by atoms with Gasteiger partial charge in [0.25, 0.3) is 0 Å². The first-order valence-electron chi connectivity index (χ1n) is 41.4. The van der Waals surface area contributed by atoms with Crippen LogP contribution < -0.4 is 40.5 Å². The second-order valence-corrected chi connectivity index (χ2v) is 32.2. The number of ether oxygens (including phenoxy) is 5. The number of nitrogens with two attached hydrogens (primary N) is 1. The Morgan fingerprint density at radius 2 is 0.805 bits per heavy atom. The molecule has 0 unspecified atom stereocenters. The molecule has 0 fully saturated rings. The number of nitrogen functional groups attached to an aromatic ring is 1. The fourth-order valence-electron chi connectivity index (χ4n) is 14.3. The van der Waals surface area contributed by atoms with Crippen molar-refractivity contribution in [2.45, 2.75) is 36.5 Å². The Morgan fingerprint density at radius 3 is 1.25 bits per heavy atom. The van der Waals surface area contributed by atoms with Crippen molar-refractivity contribution < 1.29 is 75.9 Å². The SMILES string of the molecule is CN(C(=O)C(c1ccccc1)c1ccccc1)c1cnc(N2CCCOc3ccc(F)cc32)cc1C(=O)O.COC(=O)c1cc(Br)ncc1N.COC(=O)c1cc(Br)ncc1N(C)C(=O)C(c1ccccc1)c1ccccc1.COC(=O)c1cc(Br)ncc1NC(=O)C(c1ccccc1)c1ccccc1.Fc1ccc2c(c1)NCCCO2.O=C(Cl)C(c1ccccc1)c1ccccc1. The maximum Gasteiger partial charge on any atom is 0.340 e. The Kier molecular flexibility index (Phi) is 36.7. The molecule has 0 saturated carbocycles. The highest BCUT2D eigenvalue weighted by molar-refractivity contribution is 9.11. The number of hydrogen-bond acceptors (Lipinski definition) is 20. The molecule has 0 spiro atoms. The van der Waals surface area contributed by atoms with E-state index in [4.69, 9.17) is 36.3 Å². The molecular formula is C103H90Br3ClF2N10O14. The van der Waals surface area contributed by atoms with Crippen LogP contribution in [0.4, 0.5) is 48.7 Å². The Balaban J connectivity index is 0.000000161. The van der Waals surface area contributed by atoms with Gasteiger partial charge in [0.2, 0.25) is 23.0 Å². The number of fused-ring (bicyclic) bond motifs is 2. The molecule has 2 aliphatic heterocycles. The monoisotopic (exact) mass is 2000 g/mol. The van der Waals surface area contributed by atoms with Gasteiger partial charge in [0.1, 0.15) is 42.8 Å². The molecule has 30 heteroatoms. The third-order valence-corrected chi connectivity index (χ3v) is 22.3. The van der Waals surface area contributed by atoms with Crippen LogP contribution >= 0.6 is 59.4 Å². The van der Waals surface area contributed by atoms with Gasteiger partial charge in [0, 0.05) is 39.3 Å². The molecule has 0 bridgehead atoms. The van der Waals surface area contributed by atoms with Gasteiger partial charge < -0.3 is 59.9 Å². The van der Waals surface area contributed by atoms with Gasteiger partial charge in [-0.1, -0.05) is 243 Å². The van der Waals surface area contributed by atoms with E-state index in [1.165, 1.54) is 98.4 Å². The molecule has 4 aromatic heterocycles. The van der Waals surface area contributed by atoms with Crippen molar-refractivity contribution in [2.75, 3.05) is 92.8 Å². The predicted octanol–water partition coefficient (Wildman–Crippen LogP) is 21.3. The van der Waals surface area contributed by atoms with Gasteiger partial charge in [-0.2, -0.15) is 0 Å². The summed E-state index contributed by atoms with van der Waals surface area (Å²) < 4.78 is 53.6. The highest BCUT2D eigenvalue weighted by atomic mass is 79.9. The number of carbonyl (C=O) groups excluding carboxylic acids is 7. The number of methoxy groups -OCH3 is 3. The number of carbonyl (C=O) groups is 8. The standard InChI is InChI=1S/C30H26FN3O4.C22H19BrN2O3.C21H17BrN2O3.C14H11ClO.C9H10FNO.C7H7BrN2O2/c1-33(29(35)28(20-9-4-2-5-10-20)21-11-6-3-7-12-21)25-19-32-27(18-23(25)30(36)37)34-15-8-16-38-26-14-13-22(31)17-24(26)34;1-25(18-14-24-19(23)13-17(18)22(27)28-2)21(26)20(15-9-5-3-6-10-15)16-11-7-4-8-12-16;1-27-21(26)16-12-18(22)23-13-17(16)24-20(25)19(14-8-4-2-5-9-14)15-10-6-3-7-11-15;15-14(16)13(11-7-3-1-4-8-11)12-9-5-2-6-10-12;10-7-2-3-9-8(6-7)11-4-1-5-12-9;1-12-7(11)4-2-6(8)10-3-5(4)9/h2-7,9-14,17-19,28H,8,15-16H2,1H3,(H,36,37);3-14,20H,1-2H3;2-13,19H,1H3,(H,24,25);1-10,13H;2-3,6,11H,1,4-5H2;2-3H,9H2,1H3. The number of halogens is 6. The number of esters is 3. The van der Waals surface area contributed by atoms with Gasteiger partial charge in [-0.3, -0.25) is 19.2 Å². The van der Waals surface area contributed by atoms with Crippen LogP contribution in [0.15, 0.2) is 342 Å². The zero-order valence-corrected chi connectivity index (χ0v) is 78.0. The lowest BCUT2D eigenvalue weighted by Gasteiger charge is -2.27. The molecule has 3 amide bonds. The summed E-state index contributed by atoms with van der Waals surface area (Å²) in [5.41, 5.74) is 15.5. The van der Waals surface area contributed by atoms with Gasteiger partial charge >= 0.3 is 23.9 Å². The summed E-state index contributed by atoms with van der Waals surface area (Å²) in [5.74, 6) is -4.64. The number of pyridine rings is 4. The van der Waals surface area contributed by atoms with Crippen LogP contribution in [0.1, 0.15) is 122 Å². The molecule has 2 aliphatic rings. The van der Waals surface area contributed by atoms with E-state index in [2.05, 4.69) is 83.1 Å². The molecule has 14 aromatic rings. The van der Waals surface area contributed by atoms with E-state index in [0.717, 1.165) is 68.9 Å². The molecule has 16 rings (SSSR count). The van der Waals surface area contributed by atoms with Gasteiger partial charge in [0.15, 0.2) is 0 Å². The maximum absolute atomic E-state index is 14.1. The van der Waals surface area contributed by atoms with E-state index in [9.17, 15) is 52.2 Å². The summed E-state index contributed by atoms with van der Waals surface area (Å²) in [6, 6.07) is 90.7. The first-order valence-corrected chi connectivity index (χ1v) is 44.1. The molecular weight excluding hydrogens is 1910 g/mol. The van der Waals surface area contributed by atoms with Crippen LogP contribution in [0, 0.1) is 11.6 Å². The molecule has 0 radical (unpaired) electrons. The average Bonchev–Trinajstić information content (AvgIpc) is 1.74. The van der Waals surface area contributed by atoms with E-state index in [1.54, 1.807) is 37.2 Å². The number of aromatic carboxylic acids is 1. The van der Waals surface area contributed by atoms with E-state index in [-0.39, 0.29) is 57.1 Å². The van der Waals surface area contributed by atoms with E-state index < -0.39 is 47.4 Å². The lowest BCUT2D eigenvalue weighted by molar-refractivity contribution is -0.119. The Labute approximate surface area is 797 Å². The zero-order valence-electron chi connectivity index (χ0n) is 72.5. The third kappa shape index (κ3) is 27.0. The van der Waals surface area contributed by atoms with Crippen molar-refractivity contribution in [3.8, 4) is 11.5 Å². The van der Waals surface area contributed by atoms with Crippen molar-refractivity contribution in [1.82, 2.24) is 19.9 Å². The number of nitrogens with one attached hydrogen (secondary N) is 2. The highest BCUT2D eigenvalue weighted by Crippen LogP contribution is 2.40. The topological polar surface area (TPSA) is 314 Å². The molecule has 24 nitrogen and oxygen atoms in total. The quantitative estimate of drug-likeness (QED) is 0.0238. The van der Waals surface area contributed by atoms with Crippen molar-refractivity contribution in [3.63, 3.8) is 0 Å². The first-order chi connectivity index (χ1) is 64.4. The zero-order chi connectivity index (χ0) is 94.9. The first kappa shape index (κ1) is 98.9. The van der Waals surface area contributed by atoms with Crippen molar-refractivity contribution >= 4 is 146 Å². The molecule has 678 valence electrons. The summed E-state index contributed by atoms with van der Waals surface area (Å²) in [4.78, 5) is 121. The lowest BCUT2D eigenvalue weighted by atomic mass is 9.90. The molecule has 133 heavy (non-hydrogen) atoms. The number of carboxylic acid groups (broad SMARTS) is 1. The number of nitrogens with zero attached hydrogens (tertiary/aromatic N) is 7. The molecule has 0 saturated heterocycles. The van der Waals surface area contributed by atoms with Crippen molar-refractivity contribution in [2.24, 2.45) is 0 Å². The number of aromatic nitrogens is 4. The molecule has 10 aromatic carbocycles. The predicted molar refractivity (Wildman–Crippen MR) is 519 cm³/mol. The smallest absolute Gasteiger partial charge is 0.340 e. The maximum atomic E-state index is 14.1. The van der Waals surface area contributed by atoms with Gasteiger partial charge in [-0.05, 0) is 165 Å². The Hall–Kier alpha value is -14.7.